The molecule has 26 heavy (non-hydrogen) atoms. The Bertz CT molecular complexity index is 726. The van der Waals surface area contributed by atoms with E-state index in [4.69, 9.17) is 4.74 Å². The van der Waals surface area contributed by atoms with E-state index in [1.165, 1.54) is 16.7 Å². The molecule has 4 aliphatic rings. The van der Waals surface area contributed by atoms with E-state index in [0.29, 0.717) is 24.2 Å². The van der Waals surface area contributed by atoms with Gasteiger partial charge in [-0.2, -0.15) is 0 Å². The molecule has 0 radical (unpaired) electrons. The number of ketones is 1. The summed E-state index contributed by atoms with van der Waals surface area (Å²) in [5, 5.41) is 0. The largest absolute Gasteiger partial charge is 0.461 e. The van der Waals surface area contributed by atoms with Crippen LogP contribution < -0.4 is 0 Å². The highest BCUT2D eigenvalue weighted by Crippen LogP contribution is 2.61. The second-order valence-corrected chi connectivity index (χ2v) is 8.55. The van der Waals surface area contributed by atoms with Crippen LogP contribution in [0, 0.1) is 23.2 Å². The number of carbonyl (C=O) groups excluding carboxylic acids is 2. The van der Waals surface area contributed by atoms with Crippen LogP contribution in [-0.4, -0.2) is 17.9 Å². The standard InChI is InChI=1S/C23H30O3/c1-4-15-13-21-20-8-6-16-12-17(25)7-9-18(16)19(20)10-11-23(21,5-2)22(15)26-14(3)24/h10-12,15,20-22H,4-9,13H2,1-3H3/t15-,20-,21+,22+,23+/m1/s1. The van der Waals surface area contributed by atoms with Crippen molar-refractivity contribution in [3.8, 4) is 0 Å². The summed E-state index contributed by atoms with van der Waals surface area (Å²) in [6, 6.07) is 0. The molecule has 4 rings (SSSR count). The summed E-state index contributed by atoms with van der Waals surface area (Å²) >= 11 is 0. The summed E-state index contributed by atoms with van der Waals surface area (Å²) < 4.78 is 5.92. The van der Waals surface area contributed by atoms with Gasteiger partial charge in [-0.15, -0.1) is 0 Å². The molecule has 0 aromatic carbocycles. The van der Waals surface area contributed by atoms with Gasteiger partial charge >= 0.3 is 5.97 Å². The van der Waals surface area contributed by atoms with E-state index in [0.717, 1.165) is 38.5 Å². The molecule has 0 aliphatic heterocycles. The molecule has 1 saturated carbocycles. The summed E-state index contributed by atoms with van der Waals surface area (Å²) in [7, 11) is 0. The van der Waals surface area contributed by atoms with Gasteiger partial charge in [-0.3, -0.25) is 9.59 Å². The van der Waals surface area contributed by atoms with Crippen molar-refractivity contribution in [3.63, 3.8) is 0 Å². The maximum atomic E-state index is 11.8. The van der Waals surface area contributed by atoms with Crippen molar-refractivity contribution in [3.05, 3.63) is 34.9 Å². The summed E-state index contributed by atoms with van der Waals surface area (Å²) in [5.74, 6) is 1.68. The fourth-order valence-electron chi connectivity index (χ4n) is 6.32. The van der Waals surface area contributed by atoms with Crippen LogP contribution in [0.1, 0.15) is 65.7 Å². The number of carbonyl (C=O) groups is 2. The lowest BCUT2D eigenvalue weighted by molar-refractivity contribution is -0.154. The van der Waals surface area contributed by atoms with Crippen molar-refractivity contribution in [2.75, 3.05) is 0 Å². The molecule has 0 unspecified atom stereocenters. The molecule has 0 aromatic heterocycles. The number of esters is 1. The van der Waals surface area contributed by atoms with Crippen molar-refractivity contribution < 1.29 is 14.3 Å². The summed E-state index contributed by atoms with van der Waals surface area (Å²) in [4.78, 5) is 23.6. The van der Waals surface area contributed by atoms with Gasteiger partial charge in [-0.25, -0.2) is 0 Å². The van der Waals surface area contributed by atoms with Gasteiger partial charge in [0.05, 0.1) is 0 Å². The Balaban J connectivity index is 1.78. The Morgan fingerprint density at radius 2 is 2.08 bits per heavy atom. The Labute approximate surface area is 156 Å². The topological polar surface area (TPSA) is 43.4 Å². The molecule has 0 aromatic rings. The van der Waals surface area contributed by atoms with Crippen LogP contribution in [0.3, 0.4) is 0 Å². The van der Waals surface area contributed by atoms with E-state index in [-0.39, 0.29) is 23.3 Å². The van der Waals surface area contributed by atoms with Crippen molar-refractivity contribution in [1.29, 1.82) is 0 Å². The quantitative estimate of drug-likeness (QED) is 0.675. The fourth-order valence-corrected chi connectivity index (χ4v) is 6.32. The highest BCUT2D eigenvalue weighted by molar-refractivity contribution is 5.93. The Hall–Kier alpha value is -1.64. The third kappa shape index (κ3) is 2.54. The second kappa shape index (κ2) is 6.51. The summed E-state index contributed by atoms with van der Waals surface area (Å²) in [6.07, 6.45) is 13.5. The normalized spacial score (nSPS) is 38.4. The summed E-state index contributed by atoms with van der Waals surface area (Å²) in [5.41, 5.74) is 4.17. The molecule has 1 fully saturated rings. The summed E-state index contributed by atoms with van der Waals surface area (Å²) in [6.45, 7) is 6.01. The SMILES string of the molecule is CC[C@@H]1C[C@H]2[C@@H]3CCC4=CC(=O)CCC4=C3C=C[C@]2(CC)[C@H]1OC(C)=O. The van der Waals surface area contributed by atoms with E-state index >= 15 is 0 Å². The Kier molecular flexibility index (Phi) is 4.45. The van der Waals surface area contributed by atoms with E-state index < -0.39 is 0 Å². The molecule has 0 bridgehead atoms. The number of hydrogen-bond donors (Lipinski definition) is 0. The van der Waals surface area contributed by atoms with E-state index in [1.807, 2.05) is 6.08 Å². The minimum absolute atomic E-state index is 0.00710. The molecule has 3 nitrogen and oxygen atoms in total. The number of hydrogen-bond acceptors (Lipinski definition) is 3. The molecule has 140 valence electrons. The number of fused-ring (bicyclic) bond motifs is 4. The van der Waals surface area contributed by atoms with E-state index in [9.17, 15) is 9.59 Å². The predicted molar refractivity (Wildman–Crippen MR) is 101 cm³/mol. The number of rotatable bonds is 3. The zero-order valence-electron chi connectivity index (χ0n) is 16.2. The molecule has 0 spiro atoms. The first-order valence-corrected chi connectivity index (χ1v) is 10.3. The number of allylic oxidation sites excluding steroid dienone is 5. The molecule has 0 amide bonds. The lowest BCUT2D eigenvalue weighted by atomic mass is 9.59. The monoisotopic (exact) mass is 354 g/mol. The average molecular weight is 354 g/mol. The molecule has 4 aliphatic carbocycles. The molecule has 0 N–H and O–H groups in total. The van der Waals surface area contributed by atoms with Crippen molar-refractivity contribution in [1.82, 2.24) is 0 Å². The first-order valence-electron chi connectivity index (χ1n) is 10.3. The molecular weight excluding hydrogens is 324 g/mol. The second-order valence-electron chi connectivity index (χ2n) is 8.55. The van der Waals surface area contributed by atoms with Crippen LogP contribution >= 0.6 is 0 Å². The first kappa shape index (κ1) is 17.8. The average Bonchev–Trinajstić information content (AvgIpc) is 2.94. The molecule has 0 heterocycles. The van der Waals surface area contributed by atoms with Crippen LogP contribution in [0.4, 0.5) is 0 Å². The first-order chi connectivity index (χ1) is 12.5. The minimum atomic E-state index is -0.154. The Morgan fingerprint density at radius 3 is 2.77 bits per heavy atom. The lowest BCUT2D eigenvalue weighted by Crippen LogP contribution is -2.43. The zero-order valence-corrected chi connectivity index (χ0v) is 16.2. The predicted octanol–water partition coefficient (Wildman–Crippen LogP) is 4.93. The van der Waals surface area contributed by atoms with Gasteiger partial charge in [0.25, 0.3) is 0 Å². The van der Waals surface area contributed by atoms with Gasteiger partial charge in [-0.05, 0) is 79.1 Å². The van der Waals surface area contributed by atoms with Crippen molar-refractivity contribution >= 4 is 11.8 Å². The van der Waals surface area contributed by atoms with Crippen LogP contribution in [0.5, 0.6) is 0 Å². The maximum absolute atomic E-state index is 11.8. The highest BCUT2D eigenvalue weighted by atomic mass is 16.5. The third-order valence-electron chi connectivity index (χ3n) is 7.51. The van der Waals surface area contributed by atoms with Crippen LogP contribution in [0.2, 0.25) is 0 Å². The van der Waals surface area contributed by atoms with Crippen LogP contribution in [0.15, 0.2) is 34.9 Å². The third-order valence-corrected chi connectivity index (χ3v) is 7.51. The number of ether oxygens (including phenoxy) is 1. The van der Waals surface area contributed by atoms with Gasteiger partial charge < -0.3 is 4.74 Å². The van der Waals surface area contributed by atoms with Crippen molar-refractivity contribution in [2.45, 2.75) is 71.8 Å². The maximum Gasteiger partial charge on any atom is 0.302 e. The van der Waals surface area contributed by atoms with E-state index in [2.05, 4.69) is 26.0 Å². The lowest BCUT2D eigenvalue weighted by Gasteiger charge is -2.46. The van der Waals surface area contributed by atoms with Gasteiger partial charge in [0.2, 0.25) is 0 Å². The van der Waals surface area contributed by atoms with Gasteiger partial charge in [0.1, 0.15) is 6.10 Å². The fraction of sp³-hybridized carbons (Fsp3) is 0.652. The van der Waals surface area contributed by atoms with Crippen LogP contribution in [-0.2, 0) is 14.3 Å². The molecule has 3 heteroatoms. The highest BCUT2D eigenvalue weighted by Gasteiger charge is 2.58. The Morgan fingerprint density at radius 1 is 1.27 bits per heavy atom. The van der Waals surface area contributed by atoms with Crippen LogP contribution in [0.25, 0.3) is 0 Å². The zero-order chi connectivity index (χ0) is 18.5. The van der Waals surface area contributed by atoms with Gasteiger partial charge in [-0.1, -0.05) is 26.0 Å². The smallest absolute Gasteiger partial charge is 0.302 e. The van der Waals surface area contributed by atoms with Gasteiger partial charge in [0.15, 0.2) is 5.78 Å². The minimum Gasteiger partial charge on any atom is -0.461 e. The van der Waals surface area contributed by atoms with Crippen molar-refractivity contribution in [2.24, 2.45) is 23.2 Å². The molecule has 0 saturated heterocycles. The van der Waals surface area contributed by atoms with E-state index in [1.54, 1.807) is 6.92 Å². The molecule has 5 atom stereocenters. The van der Waals surface area contributed by atoms with Gasteiger partial charge in [0, 0.05) is 18.8 Å². The molecular formula is C23H30O3.